The van der Waals surface area contributed by atoms with Gasteiger partial charge < -0.3 is 10.1 Å². The summed E-state index contributed by atoms with van der Waals surface area (Å²) in [5.41, 5.74) is 1.40. The van der Waals surface area contributed by atoms with E-state index in [1.165, 1.54) is 57.1 Å². The van der Waals surface area contributed by atoms with Crippen LogP contribution in [0, 0.1) is 0 Å². The second-order valence-corrected chi connectivity index (χ2v) is 12.2. The second kappa shape index (κ2) is 18.0. The lowest BCUT2D eigenvalue weighted by Gasteiger charge is -2.13. The maximum Gasteiger partial charge on any atom is 0.266 e. The van der Waals surface area contributed by atoms with Gasteiger partial charge in [0.15, 0.2) is 0 Å². The molecule has 0 aliphatic heterocycles. The first kappa shape index (κ1) is 32.9. The molecule has 0 atom stereocenters. The molecule has 0 radical (unpaired) electrons. The number of anilines is 1. The molecule has 0 aliphatic rings. The Bertz CT molecular complexity index is 1360. The molecule has 8 heteroatoms. The summed E-state index contributed by atoms with van der Waals surface area (Å²) in [6, 6.07) is 22.4. The van der Waals surface area contributed by atoms with Crippen LogP contribution in [0.3, 0.4) is 0 Å². The molecule has 0 aliphatic carbocycles. The third kappa shape index (κ3) is 11.7. The number of hydrogen-bond acceptors (Lipinski definition) is 5. The highest BCUT2D eigenvalue weighted by molar-refractivity contribution is 7.90. The standard InChI is InChI=1S/C34H44N2O5S/c1-2-3-4-5-6-7-8-9-10-11-15-25-33(37)36-42(39,40)32-24-17-16-23-31(32)35-34(38)29-21-18-22-30(26-29)41-27-28-19-13-12-14-20-28/h12-14,16-24,26H,2-11,15,25,27H2,1H3,(H,35,38)(H,36,37). The van der Waals surface area contributed by atoms with Crippen molar-refractivity contribution in [2.75, 3.05) is 5.32 Å². The molecule has 0 aromatic heterocycles. The molecule has 42 heavy (non-hydrogen) atoms. The predicted molar refractivity (Wildman–Crippen MR) is 168 cm³/mol. The molecule has 0 saturated carbocycles. The van der Waals surface area contributed by atoms with E-state index in [2.05, 4.69) is 17.0 Å². The fraction of sp³-hybridized carbons (Fsp3) is 0.412. The second-order valence-electron chi connectivity index (χ2n) is 10.6. The molecule has 0 heterocycles. The van der Waals surface area contributed by atoms with Gasteiger partial charge in [-0.25, -0.2) is 13.1 Å². The van der Waals surface area contributed by atoms with Crippen LogP contribution in [-0.2, 0) is 21.4 Å². The van der Waals surface area contributed by atoms with Crippen LogP contribution in [0.2, 0.25) is 0 Å². The van der Waals surface area contributed by atoms with E-state index in [0.717, 1.165) is 24.8 Å². The zero-order valence-electron chi connectivity index (χ0n) is 24.6. The van der Waals surface area contributed by atoms with Crippen LogP contribution in [0.25, 0.3) is 0 Å². The number of carbonyl (C=O) groups excluding carboxylic acids is 2. The number of hydrogen-bond donors (Lipinski definition) is 2. The molecule has 0 unspecified atom stereocenters. The van der Waals surface area contributed by atoms with E-state index in [9.17, 15) is 18.0 Å². The summed E-state index contributed by atoms with van der Waals surface area (Å²) in [7, 11) is -4.17. The van der Waals surface area contributed by atoms with Gasteiger partial charge in [-0.05, 0) is 42.3 Å². The number of benzene rings is 3. The van der Waals surface area contributed by atoms with Crippen LogP contribution in [0.15, 0.2) is 83.8 Å². The van der Waals surface area contributed by atoms with Crippen LogP contribution in [0.1, 0.15) is 99.9 Å². The molecule has 0 bridgehead atoms. The van der Waals surface area contributed by atoms with Gasteiger partial charge in [0.2, 0.25) is 5.91 Å². The van der Waals surface area contributed by atoms with Crippen LogP contribution >= 0.6 is 0 Å². The van der Waals surface area contributed by atoms with Gasteiger partial charge in [0.1, 0.15) is 17.3 Å². The monoisotopic (exact) mass is 592 g/mol. The van der Waals surface area contributed by atoms with Crippen LogP contribution in [0.4, 0.5) is 5.69 Å². The number of rotatable bonds is 19. The number of amides is 2. The van der Waals surface area contributed by atoms with E-state index in [0.29, 0.717) is 24.3 Å². The normalized spacial score (nSPS) is 11.2. The quantitative estimate of drug-likeness (QED) is 0.137. The Morgan fingerprint density at radius 1 is 0.714 bits per heavy atom. The molecule has 2 N–H and O–H groups in total. The van der Waals surface area contributed by atoms with Crippen molar-refractivity contribution in [3.8, 4) is 5.75 Å². The Morgan fingerprint density at radius 3 is 2.02 bits per heavy atom. The number of para-hydroxylation sites is 1. The number of carbonyl (C=O) groups is 2. The third-order valence-electron chi connectivity index (χ3n) is 7.02. The van der Waals surface area contributed by atoms with Gasteiger partial charge in [-0.3, -0.25) is 9.59 Å². The minimum absolute atomic E-state index is 0.0908. The van der Waals surface area contributed by atoms with Gasteiger partial charge in [-0.2, -0.15) is 0 Å². The predicted octanol–water partition coefficient (Wildman–Crippen LogP) is 8.02. The van der Waals surface area contributed by atoms with Gasteiger partial charge in [0, 0.05) is 12.0 Å². The van der Waals surface area contributed by atoms with Crippen LogP contribution in [-0.4, -0.2) is 20.2 Å². The summed E-state index contributed by atoms with van der Waals surface area (Å²) in [5, 5.41) is 2.67. The lowest BCUT2D eigenvalue weighted by atomic mass is 10.1. The summed E-state index contributed by atoms with van der Waals surface area (Å²) >= 11 is 0. The average Bonchev–Trinajstić information content (AvgIpc) is 2.99. The summed E-state index contributed by atoms with van der Waals surface area (Å²) in [5.74, 6) is -0.521. The number of sulfonamides is 1. The van der Waals surface area contributed by atoms with Gasteiger partial charge >= 0.3 is 0 Å². The van der Waals surface area contributed by atoms with Crippen molar-refractivity contribution in [1.29, 1.82) is 0 Å². The highest BCUT2D eigenvalue weighted by Gasteiger charge is 2.22. The van der Waals surface area contributed by atoms with E-state index in [1.54, 1.807) is 36.4 Å². The smallest absolute Gasteiger partial charge is 0.266 e. The molecular formula is C34H44N2O5S. The molecule has 0 spiro atoms. The summed E-state index contributed by atoms with van der Waals surface area (Å²) in [6.45, 7) is 2.58. The van der Waals surface area contributed by atoms with Crippen LogP contribution in [0.5, 0.6) is 5.75 Å². The lowest BCUT2D eigenvalue weighted by Crippen LogP contribution is -2.31. The average molecular weight is 593 g/mol. The molecule has 0 saturated heterocycles. The third-order valence-corrected chi connectivity index (χ3v) is 8.46. The van der Waals surface area contributed by atoms with Crippen molar-refractivity contribution in [1.82, 2.24) is 4.72 Å². The molecule has 226 valence electrons. The Labute approximate surface area is 251 Å². The molecule has 3 aromatic rings. The molecule has 2 amide bonds. The Hall–Kier alpha value is -3.65. The van der Waals surface area contributed by atoms with Crippen molar-refractivity contribution in [2.45, 2.75) is 95.5 Å². The van der Waals surface area contributed by atoms with Crippen molar-refractivity contribution in [3.63, 3.8) is 0 Å². The highest BCUT2D eigenvalue weighted by atomic mass is 32.2. The fourth-order valence-corrected chi connectivity index (χ4v) is 5.85. The molecular weight excluding hydrogens is 548 g/mol. The number of nitrogens with one attached hydrogen (secondary N) is 2. The minimum atomic E-state index is -4.17. The Balaban J connectivity index is 1.47. The van der Waals surface area contributed by atoms with E-state index in [-0.39, 0.29) is 17.0 Å². The van der Waals surface area contributed by atoms with Gasteiger partial charge in [-0.15, -0.1) is 0 Å². The highest BCUT2D eigenvalue weighted by Crippen LogP contribution is 2.23. The summed E-state index contributed by atoms with van der Waals surface area (Å²) in [4.78, 5) is 25.3. The van der Waals surface area contributed by atoms with Crippen molar-refractivity contribution < 1.29 is 22.7 Å². The first-order chi connectivity index (χ1) is 20.4. The first-order valence-electron chi connectivity index (χ1n) is 15.1. The number of ether oxygens (including phenoxy) is 1. The maximum atomic E-state index is 13.1. The molecule has 0 fully saturated rings. The SMILES string of the molecule is CCCCCCCCCCCCCC(=O)NS(=O)(=O)c1ccccc1NC(=O)c1cccc(OCc2ccccc2)c1. The number of unbranched alkanes of at least 4 members (excludes halogenated alkanes) is 10. The Morgan fingerprint density at radius 2 is 1.33 bits per heavy atom. The van der Waals surface area contributed by atoms with Crippen LogP contribution < -0.4 is 14.8 Å². The lowest BCUT2D eigenvalue weighted by molar-refractivity contribution is -0.119. The van der Waals surface area contributed by atoms with E-state index >= 15 is 0 Å². The van der Waals surface area contributed by atoms with Crippen molar-refractivity contribution in [2.24, 2.45) is 0 Å². The largest absolute Gasteiger partial charge is 0.489 e. The van der Waals surface area contributed by atoms with E-state index in [1.807, 2.05) is 30.3 Å². The first-order valence-corrected chi connectivity index (χ1v) is 16.6. The molecule has 7 nitrogen and oxygen atoms in total. The molecule has 3 rings (SSSR count). The van der Waals surface area contributed by atoms with Crippen molar-refractivity contribution >= 4 is 27.5 Å². The summed E-state index contributed by atoms with van der Waals surface area (Å²) < 4.78 is 34.1. The molecule has 3 aromatic carbocycles. The zero-order valence-corrected chi connectivity index (χ0v) is 25.5. The zero-order chi connectivity index (χ0) is 30.0. The van der Waals surface area contributed by atoms with E-state index < -0.39 is 21.8 Å². The summed E-state index contributed by atoms with van der Waals surface area (Å²) in [6.07, 6.45) is 12.8. The Kier molecular flexibility index (Phi) is 14.1. The maximum absolute atomic E-state index is 13.1. The fourth-order valence-electron chi connectivity index (χ4n) is 4.67. The van der Waals surface area contributed by atoms with Gasteiger partial charge in [-0.1, -0.05) is 120 Å². The topological polar surface area (TPSA) is 102 Å². The van der Waals surface area contributed by atoms with Crippen molar-refractivity contribution in [3.05, 3.63) is 90.0 Å². The van der Waals surface area contributed by atoms with Gasteiger partial charge in [0.05, 0.1) is 5.69 Å². The minimum Gasteiger partial charge on any atom is -0.489 e. The van der Waals surface area contributed by atoms with E-state index in [4.69, 9.17) is 4.74 Å². The van der Waals surface area contributed by atoms with Gasteiger partial charge in [0.25, 0.3) is 15.9 Å².